The van der Waals surface area contributed by atoms with Gasteiger partial charge in [0.25, 0.3) is 5.56 Å². The molecule has 2 heterocycles. The Bertz CT molecular complexity index is 962. The smallest absolute Gasteiger partial charge is 0.272 e. The molecule has 1 aromatic heterocycles. The Kier molecular flexibility index (Phi) is 3.19. The van der Waals surface area contributed by atoms with Crippen LogP contribution in [0.5, 0.6) is 0 Å². The van der Waals surface area contributed by atoms with Crippen LogP contribution in [0.4, 0.5) is 5.69 Å². The van der Waals surface area contributed by atoms with Crippen molar-refractivity contribution in [1.82, 2.24) is 10.2 Å². The molecule has 1 N–H and O–H groups in total. The van der Waals surface area contributed by atoms with Crippen LogP contribution in [0.3, 0.4) is 0 Å². The highest BCUT2D eigenvalue weighted by molar-refractivity contribution is 5.98. The van der Waals surface area contributed by atoms with Crippen LogP contribution in [0.2, 0.25) is 0 Å². The molecule has 1 amide bonds. The van der Waals surface area contributed by atoms with Gasteiger partial charge in [-0.05, 0) is 24.1 Å². The zero-order valence-electron chi connectivity index (χ0n) is 12.5. The average molecular weight is 305 g/mol. The van der Waals surface area contributed by atoms with E-state index in [4.69, 9.17) is 0 Å². The van der Waals surface area contributed by atoms with E-state index in [0.717, 1.165) is 17.5 Å². The minimum absolute atomic E-state index is 0.000322. The van der Waals surface area contributed by atoms with Crippen LogP contribution >= 0.6 is 0 Å². The van der Waals surface area contributed by atoms with E-state index >= 15 is 0 Å². The van der Waals surface area contributed by atoms with Crippen LogP contribution in [0.15, 0.2) is 53.3 Å². The van der Waals surface area contributed by atoms with Crippen LogP contribution < -0.4 is 10.5 Å². The van der Waals surface area contributed by atoms with E-state index in [0.29, 0.717) is 17.6 Å². The first-order chi connectivity index (χ1) is 11.2. The number of H-pyrrole nitrogens is 1. The molecule has 0 spiro atoms. The second kappa shape index (κ2) is 5.35. The molecule has 0 bridgehead atoms. The molecule has 0 saturated heterocycles. The molecule has 5 nitrogen and oxygen atoms in total. The predicted octanol–water partition coefficient (Wildman–Crippen LogP) is 2.05. The van der Waals surface area contributed by atoms with Crippen molar-refractivity contribution in [1.29, 1.82) is 0 Å². The molecule has 2 aromatic carbocycles. The van der Waals surface area contributed by atoms with E-state index < -0.39 is 0 Å². The van der Waals surface area contributed by atoms with Crippen LogP contribution in [0.25, 0.3) is 10.8 Å². The Morgan fingerprint density at radius 2 is 1.83 bits per heavy atom. The number of carbonyl (C=O) groups is 1. The summed E-state index contributed by atoms with van der Waals surface area (Å²) in [7, 11) is 0. The minimum atomic E-state index is -0.233. The Morgan fingerprint density at radius 1 is 1.09 bits per heavy atom. The highest BCUT2D eigenvalue weighted by Crippen LogP contribution is 2.28. The minimum Gasteiger partial charge on any atom is -0.311 e. The fraction of sp³-hybridized carbons (Fsp3) is 0.167. The van der Waals surface area contributed by atoms with Crippen molar-refractivity contribution in [3.05, 3.63) is 70.1 Å². The molecule has 23 heavy (non-hydrogen) atoms. The van der Waals surface area contributed by atoms with E-state index in [2.05, 4.69) is 16.3 Å². The summed E-state index contributed by atoms with van der Waals surface area (Å²) >= 11 is 0. The van der Waals surface area contributed by atoms with Crippen LogP contribution in [-0.4, -0.2) is 22.6 Å². The number of hydrogen-bond acceptors (Lipinski definition) is 3. The third-order valence-electron chi connectivity index (χ3n) is 4.28. The molecule has 1 aliphatic rings. The number of amides is 1. The summed E-state index contributed by atoms with van der Waals surface area (Å²) in [6.45, 7) is 0.694. The first kappa shape index (κ1) is 13.7. The van der Waals surface area contributed by atoms with Gasteiger partial charge in [-0.15, -0.1) is 0 Å². The van der Waals surface area contributed by atoms with Crippen molar-refractivity contribution < 1.29 is 4.79 Å². The van der Waals surface area contributed by atoms with Crippen molar-refractivity contribution >= 4 is 22.4 Å². The molecule has 3 aromatic rings. The molecule has 5 heteroatoms. The monoisotopic (exact) mass is 305 g/mol. The molecule has 4 rings (SSSR count). The summed E-state index contributed by atoms with van der Waals surface area (Å²) in [6.07, 6.45) is 1.05. The largest absolute Gasteiger partial charge is 0.311 e. The van der Waals surface area contributed by atoms with Gasteiger partial charge in [-0.25, -0.2) is 5.10 Å². The number of nitrogens with one attached hydrogen (secondary N) is 1. The van der Waals surface area contributed by atoms with E-state index in [1.165, 1.54) is 5.56 Å². The second-order valence-corrected chi connectivity index (χ2v) is 5.65. The molecule has 0 saturated carbocycles. The summed E-state index contributed by atoms with van der Waals surface area (Å²) in [4.78, 5) is 26.3. The van der Waals surface area contributed by atoms with Crippen molar-refractivity contribution in [3.63, 3.8) is 0 Å². The third-order valence-corrected chi connectivity index (χ3v) is 4.28. The lowest BCUT2D eigenvalue weighted by Gasteiger charge is -2.17. The fourth-order valence-electron chi connectivity index (χ4n) is 3.14. The Hall–Kier alpha value is -2.95. The quantitative estimate of drug-likeness (QED) is 0.788. The number of fused-ring (bicyclic) bond motifs is 2. The topological polar surface area (TPSA) is 66.1 Å². The van der Waals surface area contributed by atoms with Gasteiger partial charge in [0.2, 0.25) is 5.91 Å². The number of benzene rings is 2. The van der Waals surface area contributed by atoms with Crippen molar-refractivity contribution in [3.8, 4) is 0 Å². The lowest BCUT2D eigenvalue weighted by Crippen LogP contribution is -2.31. The van der Waals surface area contributed by atoms with Crippen molar-refractivity contribution in [2.24, 2.45) is 0 Å². The second-order valence-electron chi connectivity index (χ2n) is 5.65. The first-order valence-corrected chi connectivity index (χ1v) is 7.58. The van der Waals surface area contributed by atoms with Gasteiger partial charge < -0.3 is 4.90 Å². The Morgan fingerprint density at radius 3 is 2.70 bits per heavy atom. The van der Waals surface area contributed by atoms with E-state index in [-0.39, 0.29) is 17.9 Å². The number of nitrogens with zero attached hydrogens (tertiary/aromatic N) is 2. The standard InChI is InChI=1S/C18H15N3O2/c22-17(21-10-9-12-5-1-4-8-16(12)21)11-15-13-6-2-3-7-14(13)18(23)20-19-15/h1-8H,9-11H2,(H,20,23). The number of anilines is 1. The number of carbonyl (C=O) groups excluding carboxylic acids is 1. The lowest BCUT2D eigenvalue weighted by atomic mass is 10.1. The normalized spacial score (nSPS) is 13.3. The van der Waals surface area contributed by atoms with Gasteiger partial charge in [0.1, 0.15) is 0 Å². The summed E-state index contributed by atoms with van der Waals surface area (Å²) in [5, 5.41) is 7.87. The molecule has 0 radical (unpaired) electrons. The summed E-state index contributed by atoms with van der Waals surface area (Å²) in [6, 6.07) is 15.2. The number of aromatic nitrogens is 2. The maximum atomic E-state index is 12.7. The van der Waals surface area contributed by atoms with Gasteiger partial charge in [-0.1, -0.05) is 36.4 Å². The molecule has 0 unspecified atom stereocenters. The zero-order valence-corrected chi connectivity index (χ0v) is 12.5. The van der Waals surface area contributed by atoms with Gasteiger partial charge >= 0.3 is 0 Å². The average Bonchev–Trinajstić information content (AvgIpc) is 3.02. The summed E-state index contributed by atoms with van der Waals surface area (Å²) in [5.74, 6) is -0.000322. The van der Waals surface area contributed by atoms with Crippen LogP contribution in [0, 0.1) is 0 Å². The van der Waals surface area contributed by atoms with Gasteiger partial charge in [0, 0.05) is 17.6 Å². The number of hydrogen-bond donors (Lipinski definition) is 1. The molecule has 0 atom stereocenters. The number of aromatic amines is 1. The fourth-order valence-corrected chi connectivity index (χ4v) is 3.14. The van der Waals surface area contributed by atoms with Gasteiger partial charge in [0.15, 0.2) is 0 Å². The first-order valence-electron chi connectivity index (χ1n) is 7.58. The highest BCUT2D eigenvalue weighted by atomic mass is 16.2. The lowest BCUT2D eigenvalue weighted by molar-refractivity contribution is -0.117. The van der Waals surface area contributed by atoms with Gasteiger partial charge in [-0.3, -0.25) is 9.59 Å². The van der Waals surface area contributed by atoms with E-state index in [9.17, 15) is 9.59 Å². The van der Waals surface area contributed by atoms with Crippen LogP contribution in [0.1, 0.15) is 11.3 Å². The molecule has 1 aliphatic heterocycles. The highest BCUT2D eigenvalue weighted by Gasteiger charge is 2.25. The molecular formula is C18H15N3O2. The predicted molar refractivity (Wildman–Crippen MR) is 88.6 cm³/mol. The molecular weight excluding hydrogens is 290 g/mol. The van der Waals surface area contributed by atoms with Crippen molar-refractivity contribution in [2.45, 2.75) is 12.8 Å². The van der Waals surface area contributed by atoms with Gasteiger partial charge in [-0.2, -0.15) is 5.10 Å². The van der Waals surface area contributed by atoms with Crippen LogP contribution in [-0.2, 0) is 17.6 Å². The SMILES string of the molecule is O=C(Cc1n[nH]c(=O)c2ccccc12)N1CCc2ccccc21. The number of rotatable bonds is 2. The van der Waals surface area contributed by atoms with Gasteiger partial charge in [0.05, 0.1) is 17.5 Å². The molecule has 114 valence electrons. The Labute approximate surface area is 132 Å². The van der Waals surface area contributed by atoms with E-state index in [1.54, 1.807) is 17.0 Å². The molecule has 0 fully saturated rings. The van der Waals surface area contributed by atoms with Crippen molar-refractivity contribution in [2.75, 3.05) is 11.4 Å². The third kappa shape index (κ3) is 2.30. The number of para-hydroxylation sites is 1. The van der Waals surface area contributed by atoms with E-state index in [1.807, 2.05) is 30.3 Å². The molecule has 0 aliphatic carbocycles. The summed E-state index contributed by atoms with van der Waals surface area (Å²) < 4.78 is 0. The Balaban J connectivity index is 1.68. The zero-order chi connectivity index (χ0) is 15.8. The maximum absolute atomic E-state index is 12.7. The maximum Gasteiger partial charge on any atom is 0.272 e. The summed E-state index contributed by atoms with van der Waals surface area (Å²) in [5.41, 5.74) is 2.55.